The van der Waals surface area contributed by atoms with Gasteiger partial charge in [-0.15, -0.1) is 0 Å². The average molecular weight is 945 g/mol. The third kappa shape index (κ3) is 7.60. The molecule has 0 aromatic carbocycles. The highest BCUT2D eigenvalue weighted by atomic mass is 16.7. The molecule has 0 radical (unpaired) electrons. The molecule has 66 heavy (non-hydrogen) atoms. The predicted molar refractivity (Wildman–Crippen MR) is 227 cm³/mol. The first kappa shape index (κ1) is 50.9. The highest BCUT2D eigenvalue weighted by Crippen LogP contribution is 2.76. The number of rotatable bonds is 9. The van der Waals surface area contributed by atoms with E-state index in [1.807, 2.05) is 20.8 Å². The fourth-order valence-corrected chi connectivity index (χ4v) is 15.0. The number of aliphatic hydroxyl groups excluding tert-OH is 11. The van der Waals surface area contributed by atoms with Crippen molar-refractivity contribution in [1.82, 2.24) is 0 Å². The summed E-state index contributed by atoms with van der Waals surface area (Å²) in [5.41, 5.74) is -1.57. The number of hydrogen-bond acceptors (Lipinski definition) is 18. The van der Waals surface area contributed by atoms with Crippen molar-refractivity contribution in [3.8, 4) is 0 Å². The standard InChI is InChI=1S/C47H76O19/c1-42(2)16-21-20-8-9-25-44(4)12-11-26(63-41-32(56)29(53)30(54)35(65-41)38(59)60)45(5,19-49)24(44)10-13-47(25,7)46(20,6)15-14-43(21,3)37(36(42)58)66-39-33(57)34(22(50)18-61-39)64-40-31(55)28(52)27(51)23(17-48)62-40/h8,21-37,39-41,48-58H,9-19H2,1-7H3,(H,59,60)/t21-,22-,23+,24+,25+,26-,27+,28-,29-,30-,31+,32+,33+,34-,35-,36-,37+,39-,40-,41+,43+,44-,45+,46+,47+/m0/s1. The van der Waals surface area contributed by atoms with E-state index in [1.54, 1.807) is 0 Å². The number of fused-ring (bicyclic) bond motifs is 7. The molecular formula is C47H76O19. The largest absolute Gasteiger partial charge is 0.479 e. The summed E-state index contributed by atoms with van der Waals surface area (Å²) >= 11 is 0. The van der Waals surface area contributed by atoms with Gasteiger partial charge in [-0.1, -0.05) is 60.1 Å². The number of hydrogen-bond donors (Lipinski definition) is 12. The van der Waals surface area contributed by atoms with E-state index in [0.29, 0.717) is 25.7 Å². The van der Waals surface area contributed by atoms with E-state index in [9.17, 15) is 66.1 Å². The van der Waals surface area contributed by atoms with Crippen LogP contribution in [0.5, 0.6) is 0 Å². The van der Waals surface area contributed by atoms with Gasteiger partial charge < -0.3 is 89.7 Å². The van der Waals surface area contributed by atoms with Crippen LogP contribution in [0.3, 0.4) is 0 Å². The summed E-state index contributed by atoms with van der Waals surface area (Å²) < 4.78 is 35.9. The van der Waals surface area contributed by atoms with Crippen LogP contribution in [0.1, 0.15) is 99.8 Å². The Labute approximate surface area is 385 Å². The third-order valence-electron chi connectivity index (χ3n) is 19.4. The van der Waals surface area contributed by atoms with Gasteiger partial charge in [-0.2, -0.15) is 0 Å². The van der Waals surface area contributed by atoms with Crippen LogP contribution < -0.4 is 0 Å². The molecule has 8 rings (SSSR count). The quantitative estimate of drug-likeness (QED) is 0.100. The number of allylic oxidation sites excluding steroid dienone is 2. The molecule has 0 spiro atoms. The summed E-state index contributed by atoms with van der Waals surface area (Å²) in [6.07, 6.45) is -17.1. The molecule has 7 fully saturated rings. The topological polar surface area (TPSA) is 315 Å². The number of aliphatic hydroxyl groups is 11. The summed E-state index contributed by atoms with van der Waals surface area (Å²) in [6, 6.07) is 0. The van der Waals surface area contributed by atoms with Crippen molar-refractivity contribution >= 4 is 5.97 Å². The molecule has 8 aliphatic rings. The molecule has 0 aromatic heterocycles. The van der Waals surface area contributed by atoms with E-state index in [2.05, 4.69) is 33.8 Å². The van der Waals surface area contributed by atoms with E-state index in [-0.39, 0.29) is 47.2 Å². The lowest BCUT2D eigenvalue weighted by atomic mass is 9.33. The summed E-state index contributed by atoms with van der Waals surface area (Å²) in [4.78, 5) is 11.9. The molecule has 3 saturated heterocycles. The number of carbonyl (C=O) groups is 1. The van der Waals surface area contributed by atoms with Gasteiger partial charge in [0.15, 0.2) is 25.0 Å². The lowest BCUT2D eigenvalue weighted by Crippen LogP contribution is -2.68. The van der Waals surface area contributed by atoms with Crippen molar-refractivity contribution in [2.75, 3.05) is 19.8 Å². The zero-order chi connectivity index (χ0) is 48.4. The Morgan fingerprint density at radius 3 is 1.98 bits per heavy atom. The van der Waals surface area contributed by atoms with Crippen LogP contribution in [0, 0.1) is 50.2 Å². The lowest BCUT2D eigenvalue weighted by Gasteiger charge is -2.72. The number of carboxylic acids is 1. The highest BCUT2D eigenvalue weighted by Gasteiger charge is 2.71. The Kier molecular flexibility index (Phi) is 13.6. The number of ether oxygens (including phenoxy) is 6. The molecule has 3 aliphatic heterocycles. The van der Waals surface area contributed by atoms with Gasteiger partial charge >= 0.3 is 5.97 Å². The molecule has 12 N–H and O–H groups in total. The van der Waals surface area contributed by atoms with Crippen molar-refractivity contribution < 1.29 is 94.5 Å². The van der Waals surface area contributed by atoms with Gasteiger partial charge in [0.1, 0.15) is 61.0 Å². The fourth-order valence-electron chi connectivity index (χ4n) is 15.0. The second kappa shape index (κ2) is 17.7. The second-order valence-corrected chi connectivity index (χ2v) is 23.2. The van der Waals surface area contributed by atoms with Crippen molar-refractivity contribution in [1.29, 1.82) is 0 Å². The summed E-state index contributed by atoms with van der Waals surface area (Å²) in [7, 11) is 0. The van der Waals surface area contributed by atoms with Gasteiger partial charge in [-0.25, -0.2) is 4.79 Å². The molecule has 4 saturated carbocycles. The molecule has 5 aliphatic carbocycles. The zero-order valence-electron chi connectivity index (χ0n) is 39.1. The Morgan fingerprint density at radius 1 is 0.697 bits per heavy atom. The minimum Gasteiger partial charge on any atom is -0.479 e. The van der Waals surface area contributed by atoms with Crippen molar-refractivity contribution in [2.24, 2.45) is 50.2 Å². The molecule has 3 heterocycles. The maximum absolute atomic E-state index is 12.2. The van der Waals surface area contributed by atoms with Crippen LogP contribution >= 0.6 is 0 Å². The SMILES string of the molecule is CC1(C)C[C@H]2C3=CC[C@@H]4[C@@]5(C)CC[C@H](O[C@@H]6O[C@H](C(=O)O)[C@@H](O)[C@H](O)[C@H]6O)[C@](C)(CO)[C@@H]5CC[C@@]4(C)[C@]3(C)CC[C@@]2(C)[C@H](O[C@@H]2OC[C@H](O)[C@H](O[C@@H]3O[C@H](CO)[C@@H](O)[C@H](O)[C@H]3O)[C@H]2O)[C@@H]1O. The molecule has 0 amide bonds. The molecule has 0 bridgehead atoms. The molecular weight excluding hydrogens is 868 g/mol. The van der Waals surface area contributed by atoms with Gasteiger partial charge in [-0.05, 0) is 90.8 Å². The van der Waals surface area contributed by atoms with Crippen molar-refractivity contribution in [3.05, 3.63) is 11.6 Å². The smallest absolute Gasteiger partial charge is 0.335 e. The van der Waals surface area contributed by atoms with E-state index in [4.69, 9.17) is 28.4 Å². The molecule has 19 heteroatoms. The van der Waals surface area contributed by atoms with Crippen LogP contribution in [0.25, 0.3) is 0 Å². The summed E-state index contributed by atoms with van der Waals surface area (Å²) in [6.45, 7) is 13.9. The first-order valence-electron chi connectivity index (χ1n) is 23.9. The minimum absolute atomic E-state index is 0.0405. The molecule has 0 unspecified atom stereocenters. The van der Waals surface area contributed by atoms with E-state index in [0.717, 1.165) is 25.7 Å². The Balaban J connectivity index is 1.04. The molecule has 25 atom stereocenters. The first-order chi connectivity index (χ1) is 30.7. The monoisotopic (exact) mass is 944 g/mol. The van der Waals surface area contributed by atoms with Crippen molar-refractivity contribution in [3.63, 3.8) is 0 Å². The van der Waals surface area contributed by atoms with Gasteiger partial charge in [0, 0.05) is 10.8 Å². The van der Waals surface area contributed by atoms with Crippen LogP contribution in [0.4, 0.5) is 0 Å². The average Bonchev–Trinajstić information content (AvgIpc) is 3.26. The lowest BCUT2D eigenvalue weighted by molar-refractivity contribution is -0.361. The fraction of sp³-hybridized carbons (Fsp3) is 0.936. The molecule has 0 aromatic rings. The molecule has 19 nitrogen and oxygen atoms in total. The van der Waals surface area contributed by atoms with Gasteiger partial charge in [-0.3, -0.25) is 0 Å². The highest BCUT2D eigenvalue weighted by molar-refractivity contribution is 5.73. The van der Waals surface area contributed by atoms with Crippen molar-refractivity contribution in [2.45, 2.75) is 204 Å². The van der Waals surface area contributed by atoms with Crippen LogP contribution in [-0.2, 0) is 33.2 Å². The van der Waals surface area contributed by atoms with Gasteiger partial charge in [0.05, 0.1) is 38.1 Å². The van der Waals surface area contributed by atoms with E-state index < -0.39 is 133 Å². The first-order valence-corrected chi connectivity index (χ1v) is 23.9. The van der Waals surface area contributed by atoms with Crippen LogP contribution in [-0.4, -0.2) is 191 Å². The van der Waals surface area contributed by atoms with E-state index >= 15 is 0 Å². The number of aliphatic carboxylic acids is 1. The summed E-state index contributed by atoms with van der Waals surface area (Å²) in [5.74, 6) is -1.40. The summed E-state index contributed by atoms with van der Waals surface area (Å²) in [5, 5.41) is 128. The molecule has 378 valence electrons. The second-order valence-electron chi connectivity index (χ2n) is 23.2. The number of carboxylic acid groups (broad SMARTS) is 1. The maximum atomic E-state index is 12.2. The Bertz CT molecular complexity index is 1820. The van der Waals surface area contributed by atoms with Gasteiger partial charge in [0.25, 0.3) is 0 Å². The third-order valence-corrected chi connectivity index (χ3v) is 19.4. The normalized spacial score (nSPS) is 55.9. The Morgan fingerprint density at radius 2 is 1.35 bits per heavy atom. The predicted octanol–water partition coefficient (Wildman–Crippen LogP) is -0.713. The Hall–Kier alpha value is -1.47. The maximum Gasteiger partial charge on any atom is 0.335 e. The zero-order valence-corrected chi connectivity index (χ0v) is 39.1. The van der Waals surface area contributed by atoms with E-state index in [1.165, 1.54) is 5.57 Å². The minimum atomic E-state index is -1.85. The van der Waals surface area contributed by atoms with Crippen LogP contribution in [0.2, 0.25) is 0 Å². The van der Waals surface area contributed by atoms with Gasteiger partial charge in [0.2, 0.25) is 0 Å². The van der Waals surface area contributed by atoms with Crippen LogP contribution in [0.15, 0.2) is 11.6 Å².